The summed E-state index contributed by atoms with van der Waals surface area (Å²) in [4.78, 5) is 25.3. The average Bonchev–Trinajstić information content (AvgIpc) is 3.47. The number of benzene rings is 2. The van der Waals surface area contributed by atoms with Gasteiger partial charge >= 0.3 is 0 Å². The summed E-state index contributed by atoms with van der Waals surface area (Å²) < 4.78 is 6.00. The van der Waals surface area contributed by atoms with Gasteiger partial charge in [-0.25, -0.2) is 4.63 Å². The van der Waals surface area contributed by atoms with Gasteiger partial charge in [-0.3, -0.25) is 20.4 Å². The number of nitrogens with zero attached hydrogens (tertiary/aromatic N) is 5. The minimum atomic E-state index is -0.547. The summed E-state index contributed by atoms with van der Waals surface area (Å²) in [6, 6.07) is 16.7. The summed E-state index contributed by atoms with van der Waals surface area (Å²) in [6.45, 7) is 5.36. The molecular weight excluding hydrogens is 470 g/mol. The van der Waals surface area contributed by atoms with E-state index in [1.165, 1.54) is 23.4 Å². The molecule has 0 aliphatic rings. The summed E-state index contributed by atoms with van der Waals surface area (Å²) in [5, 5.41) is 18.1. The summed E-state index contributed by atoms with van der Waals surface area (Å²) in [6.07, 6.45) is 0. The normalized spacial score (nSPS) is 10.5. The van der Waals surface area contributed by atoms with Crippen molar-refractivity contribution in [3.8, 4) is 5.82 Å². The summed E-state index contributed by atoms with van der Waals surface area (Å²) in [5.74, 6) is -0.257. The SMILES string of the molecule is C=C(NNC(=O)c1nnn(-c2nonc2N)c1CSc1ccccc1)c1cccc(NC(C)=O)c1. The van der Waals surface area contributed by atoms with Crippen LogP contribution in [0.4, 0.5) is 11.5 Å². The van der Waals surface area contributed by atoms with Gasteiger partial charge < -0.3 is 11.1 Å². The minimum absolute atomic E-state index is 0.0124. The van der Waals surface area contributed by atoms with Crippen molar-refractivity contribution in [3.05, 3.63) is 78.1 Å². The molecule has 0 spiro atoms. The Balaban J connectivity index is 1.52. The molecule has 4 rings (SSSR count). The van der Waals surface area contributed by atoms with Crippen LogP contribution in [0.2, 0.25) is 0 Å². The highest BCUT2D eigenvalue weighted by atomic mass is 32.2. The molecule has 4 aromatic rings. The molecule has 0 aliphatic carbocycles. The molecule has 0 saturated heterocycles. The second kappa shape index (κ2) is 10.5. The van der Waals surface area contributed by atoms with Gasteiger partial charge in [0.05, 0.1) is 11.4 Å². The Morgan fingerprint density at radius 2 is 1.91 bits per heavy atom. The van der Waals surface area contributed by atoms with Crippen LogP contribution in [0.15, 0.2) is 70.7 Å². The van der Waals surface area contributed by atoms with Gasteiger partial charge in [-0.1, -0.05) is 42.1 Å². The lowest BCUT2D eigenvalue weighted by Crippen LogP contribution is -2.36. The quantitative estimate of drug-likeness (QED) is 0.202. The molecule has 2 heterocycles. The van der Waals surface area contributed by atoms with E-state index in [2.05, 4.69) is 48.0 Å². The van der Waals surface area contributed by atoms with E-state index in [0.717, 1.165) is 4.90 Å². The van der Waals surface area contributed by atoms with Crippen LogP contribution in [0.25, 0.3) is 11.5 Å². The molecule has 2 aromatic carbocycles. The highest BCUT2D eigenvalue weighted by molar-refractivity contribution is 7.98. The van der Waals surface area contributed by atoms with Crippen molar-refractivity contribution < 1.29 is 14.2 Å². The molecule has 2 aromatic heterocycles. The average molecular weight is 492 g/mol. The molecule has 0 fully saturated rings. The molecule has 5 N–H and O–H groups in total. The molecule has 2 amide bonds. The first-order valence-electron chi connectivity index (χ1n) is 10.3. The number of carbonyl (C=O) groups excluding carboxylic acids is 2. The molecule has 0 atom stereocenters. The lowest BCUT2D eigenvalue weighted by molar-refractivity contribution is -0.114. The third-order valence-electron chi connectivity index (χ3n) is 4.65. The molecule has 0 bridgehead atoms. The predicted molar refractivity (Wildman–Crippen MR) is 130 cm³/mol. The monoisotopic (exact) mass is 491 g/mol. The zero-order valence-electron chi connectivity index (χ0n) is 18.6. The van der Waals surface area contributed by atoms with E-state index >= 15 is 0 Å². The van der Waals surface area contributed by atoms with Gasteiger partial charge in [-0.2, -0.15) is 4.68 Å². The fourth-order valence-electron chi connectivity index (χ4n) is 3.04. The molecule has 0 radical (unpaired) electrons. The van der Waals surface area contributed by atoms with Crippen LogP contribution >= 0.6 is 11.8 Å². The number of hydrogen-bond donors (Lipinski definition) is 4. The predicted octanol–water partition coefficient (Wildman–Crippen LogP) is 2.39. The smallest absolute Gasteiger partial charge is 0.292 e. The first-order valence-corrected chi connectivity index (χ1v) is 11.2. The van der Waals surface area contributed by atoms with E-state index < -0.39 is 5.91 Å². The number of thioether (sulfide) groups is 1. The summed E-state index contributed by atoms with van der Waals surface area (Å²) >= 11 is 1.48. The first kappa shape index (κ1) is 23.5. The second-order valence-corrected chi connectivity index (χ2v) is 8.24. The van der Waals surface area contributed by atoms with Crippen molar-refractivity contribution in [1.82, 2.24) is 36.2 Å². The first-order chi connectivity index (χ1) is 16.9. The molecule has 35 heavy (non-hydrogen) atoms. The number of amides is 2. The van der Waals surface area contributed by atoms with Crippen molar-refractivity contribution in [2.45, 2.75) is 17.6 Å². The van der Waals surface area contributed by atoms with Gasteiger partial charge in [-0.15, -0.1) is 16.9 Å². The standard InChI is InChI=1S/C22H21N9O3S/c1-13(15-7-6-8-16(11-15)24-14(2)32)25-27-22(33)19-18(12-35-17-9-4-3-5-10-17)31(30-26-19)21-20(23)28-34-29-21/h3-11,25H,1,12H2,2H3,(H2,23,28)(H,24,32)(H,27,33). The largest absolute Gasteiger partial charge is 0.378 e. The van der Waals surface area contributed by atoms with E-state index in [4.69, 9.17) is 5.73 Å². The van der Waals surface area contributed by atoms with Gasteiger partial charge in [0, 0.05) is 28.8 Å². The topological polar surface area (TPSA) is 166 Å². The van der Waals surface area contributed by atoms with E-state index in [0.29, 0.717) is 28.4 Å². The van der Waals surface area contributed by atoms with Crippen LogP contribution in [-0.4, -0.2) is 37.1 Å². The second-order valence-electron chi connectivity index (χ2n) is 7.19. The number of nitrogens with two attached hydrogens (primary N) is 1. The number of nitrogens with one attached hydrogen (secondary N) is 3. The fraction of sp³-hybridized carbons (Fsp3) is 0.0909. The van der Waals surface area contributed by atoms with Gasteiger partial charge in [0.25, 0.3) is 5.91 Å². The number of aromatic nitrogens is 5. The Bertz CT molecular complexity index is 1370. The van der Waals surface area contributed by atoms with Crippen molar-refractivity contribution in [2.24, 2.45) is 0 Å². The van der Waals surface area contributed by atoms with Gasteiger partial charge in [0.1, 0.15) is 0 Å². The highest BCUT2D eigenvalue weighted by Crippen LogP contribution is 2.26. The Hall–Kier alpha value is -4.65. The van der Waals surface area contributed by atoms with E-state index in [9.17, 15) is 9.59 Å². The lowest BCUT2D eigenvalue weighted by Gasteiger charge is -2.12. The number of nitrogen functional groups attached to an aromatic ring is 1. The number of rotatable bonds is 9. The molecule has 178 valence electrons. The Kier molecular flexibility index (Phi) is 7.07. The highest BCUT2D eigenvalue weighted by Gasteiger charge is 2.24. The van der Waals surface area contributed by atoms with E-state index in [1.54, 1.807) is 24.3 Å². The number of anilines is 2. The summed E-state index contributed by atoms with van der Waals surface area (Å²) in [5.41, 5.74) is 13.4. The number of carbonyl (C=O) groups is 2. The molecule has 0 unspecified atom stereocenters. The van der Waals surface area contributed by atoms with Gasteiger partial charge in [-0.05, 0) is 34.6 Å². The Morgan fingerprint density at radius 3 is 2.63 bits per heavy atom. The van der Waals surface area contributed by atoms with Crippen molar-refractivity contribution >= 4 is 40.8 Å². The van der Waals surface area contributed by atoms with Crippen LogP contribution in [0.1, 0.15) is 28.7 Å². The zero-order valence-corrected chi connectivity index (χ0v) is 19.4. The van der Waals surface area contributed by atoms with Crippen LogP contribution in [0, 0.1) is 0 Å². The van der Waals surface area contributed by atoms with Crippen LogP contribution < -0.4 is 21.9 Å². The fourth-order valence-corrected chi connectivity index (χ4v) is 3.95. The van der Waals surface area contributed by atoms with Crippen LogP contribution in [0.5, 0.6) is 0 Å². The van der Waals surface area contributed by atoms with Gasteiger partial charge in [0.2, 0.25) is 17.5 Å². The Labute approximate surface area is 203 Å². The molecule has 0 saturated carbocycles. The molecule has 0 aliphatic heterocycles. The maximum absolute atomic E-state index is 13.0. The third-order valence-corrected chi connectivity index (χ3v) is 5.67. The van der Waals surface area contributed by atoms with Crippen molar-refractivity contribution in [3.63, 3.8) is 0 Å². The van der Waals surface area contributed by atoms with Crippen molar-refractivity contribution in [2.75, 3.05) is 11.1 Å². The van der Waals surface area contributed by atoms with Gasteiger partial charge in [0.15, 0.2) is 5.69 Å². The van der Waals surface area contributed by atoms with Crippen LogP contribution in [-0.2, 0) is 10.5 Å². The Morgan fingerprint density at radius 1 is 1.11 bits per heavy atom. The molecule has 12 nitrogen and oxygen atoms in total. The van der Waals surface area contributed by atoms with E-state index in [-0.39, 0.29) is 23.2 Å². The van der Waals surface area contributed by atoms with Crippen molar-refractivity contribution in [1.29, 1.82) is 0 Å². The van der Waals surface area contributed by atoms with E-state index in [1.807, 2.05) is 30.3 Å². The maximum Gasteiger partial charge on any atom is 0.292 e. The maximum atomic E-state index is 13.0. The number of hydrogen-bond acceptors (Lipinski definition) is 10. The third kappa shape index (κ3) is 5.65. The minimum Gasteiger partial charge on any atom is -0.378 e. The molecular formula is C22H21N9O3S. The number of hydrazine groups is 1. The van der Waals surface area contributed by atoms with Crippen LogP contribution in [0.3, 0.4) is 0 Å². The summed E-state index contributed by atoms with van der Waals surface area (Å²) in [7, 11) is 0. The zero-order chi connectivity index (χ0) is 24.8. The molecule has 13 heteroatoms. The lowest BCUT2D eigenvalue weighted by atomic mass is 10.1.